The van der Waals surface area contributed by atoms with E-state index in [9.17, 15) is 9.59 Å². The van der Waals surface area contributed by atoms with Crippen LogP contribution in [-0.4, -0.2) is 35.1 Å². The van der Waals surface area contributed by atoms with Crippen LogP contribution in [0.25, 0.3) is 0 Å². The number of rotatable bonds is 6. The Bertz CT molecular complexity index is 480. The molecule has 0 bridgehead atoms. The van der Waals surface area contributed by atoms with E-state index >= 15 is 0 Å². The van der Waals surface area contributed by atoms with Crippen molar-refractivity contribution in [1.82, 2.24) is 4.90 Å². The molecule has 0 aliphatic carbocycles. The number of anilines is 1. The summed E-state index contributed by atoms with van der Waals surface area (Å²) in [6.07, 6.45) is 1.49. The highest BCUT2D eigenvalue weighted by Crippen LogP contribution is 2.17. The first-order valence-electron chi connectivity index (χ1n) is 6.42. The highest BCUT2D eigenvalue weighted by molar-refractivity contribution is 5.91. The number of carbonyl (C=O) groups excluding carboxylic acids is 1. The van der Waals surface area contributed by atoms with Gasteiger partial charge >= 0.3 is 12.0 Å². The van der Waals surface area contributed by atoms with Crippen molar-refractivity contribution in [2.75, 3.05) is 18.4 Å². The SMILES string of the molecule is C=CCN(CC(=O)O)C(=O)Nc1ccc(C(C)C)cc1. The maximum absolute atomic E-state index is 12.0. The summed E-state index contributed by atoms with van der Waals surface area (Å²) in [5, 5.41) is 11.4. The summed E-state index contributed by atoms with van der Waals surface area (Å²) in [6, 6.07) is 7.04. The van der Waals surface area contributed by atoms with Gasteiger partial charge in [-0.1, -0.05) is 32.1 Å². The van der Waals surface area contributed by atoms with Crippen molar-refractivity contribution >= 4 is 17.7 Å². The highest BCUT2D eigenvalue weighted by atomic mass is 16.4. The lowest BCUT2D eigenvalue weighted by molar-refractivity contribution is -0.137. The minimum atomic E-state index is -1.06. The number of hydrogen-bond donors (Lipinski definition) is 2. The van der Waals surface area contributed by atoms with E-state index in [0.29, 0.717) is 11.6 Å². The maximum atomic E-state index is 12.0. The topological polar surface area (TPSA) is 69.6 Å². The Labute approximate surface area is 118 Å². The molecule has 0 fully saturated rings. The second-order valence-corrected chi connectivity index (χ2v) is 4.77. The standard InChI is InChI=1S/C15H20N2O3/c1-4-9-17(10-14(18)19)15(20)16-13-7-5-12(6-8-13)11(2)3/h4-8,11H,1,9-10H2,2-3H3,(H,16,20)(H,18,19). The first kappa shape index (κ1) is 15.8. The van der Waals surface area contributed by atoms with Crippen LogP contribution in [0.3, 0.4) is 0 Å². The number of nitrogens with one attached hydrogen (secondary N) is 1. The molecule has 0 heterocycles. The number of carbonyl (C=O) groups is 2. The first-order valence-corrected chi connectivity index (χ1v) is 6.42. The summed E-state index contributed by atoms with van der Waals surface area (Å²) < 4.78 is 0. The average Bonchev–Trinajstić information content (AvgIpc) is 2.38. The number of amides is 2. The summed E-state index contributed by atoms with van der Waals surface area (Å²) >= 11 is 0. The van der Waals surface area contributed by atoms with Gasteiger partial charge in [0.25, 0.3) is 0 Å². The van der Waals surface area contributed by atoms with Crippen molar-refractivity contribution in [2.45, 2.75) is 19.8 Å². The molecule has 0 unspecified atom stereocenters. The molecule has 0 saturated carbocycles. The summed E-state index contributed by atoms with van der Waals surface area (Å²) in [5.74, 6) is -0.638. The van der Waals surface area contributed by atoms with Crippen LogP contribution in [0.4, 0.5) is 10.5 Å². The molecule has 20 heavy (non-hydrogen) atoms. The number of nitrogens with zero attached hydrogens (tertiary/aromatic N) is 1. The van der Waals surface area contributed by atoms with Crippen LogP contribution in [0.1, 0.15) is 25.3 Å². The predicted molar refractivity (Wildman–Crippen MR) is 79.0 cm³/mol. The smallest absolute Gasteiger partial charge is 0.323 e. The van der Waals surface area contributed by atoms with E-state index < -0.39 is 12.0 Å². The van der Waals surface area contributed by atoms with E-state index in [-0.39, 0.29) is 13.1 Å². The van der Waals surface area contributed by atoms with Gasteiger partial charge in [-0.15, -0.1) is 6.58 Å². The van der Waals surface area contributed by atoms with Gasteiger partial charge < -0.3 is 15.3 Å². The number of hydrogen-bond acceptors (Lipinski definition) is 2. The number of benzene rings is 1. The van der Waals surface area contributed by atoms with Gasteiger partial charge in [0, 0.05) is 12.2 Å². The maximum Gasteiger partial charge on any atom is 0.323 e. The molecule has 2 amide bonds. The number of urea groups is 1. The Morgan fingerprint density at radius 2 is 1.95 bits per heavy atom. The van der Waals surface area contributed by atoms with Gasteiger partial charge in [-0.3, -0.25) is 4.79 Å². The van der Waals surface area contributed by atoms with Gasteiger partial charge in [0.15, 0.2) is 0 Å². The number of carboxylic acid groups (broad SMARTS) is 1. The predicted octanol–water partition coefficient (Wildman–Crippen LogP) is 2.91. The Kier molecular flexibility index (Phi) is 5.77. The van der Waals surface area contributed by atoms with Crippen molar-refractivity contribution in [3.63, 3.8) is 0 Å². The molecule has 2 N–H and O–H groups in total. The van der Waals surface area contributed by atoms with Gasteiger partial charge in [-0.2, -0.15) is 0 Å². The van der Waals surface area contributed by atoms with E-state index in [1.54, 1.807) is 12.1 Å². The van der Waals surface area contributed by atoms with Crippen molar-refractivity contribution in [3.8, 4) is 0 Å². The fraction of sp³-hybridized carbons (Fsp3) is 0.333. The molecule has 0 aromatic heterocycles. The third-order valence-corrected chi connectivity index (χ3v) is 2.79. The molecular weight excluding hydrogens is 256 g/mol. The molecule has 0 saturated heterocycles. The Morgan fingerprint density at radius 3 is 2.40 bits per heavy atom. The molecule has 1 aromatic rings. The lowest BCUT2D eigenvalue weighted by Gasteiger charge is -2.19. The fourth-order valence-electron chi connectivity index (χ4n) is 1.69. The number of aliphatic carboxylic acids is 1. The van der Waals surface area contributed by atoms with Gasteiger partial charge in [0.1, 0.15) is 6.54 Å². The van der Waals surface area contributed by atoms with Crippen LogP contribution < -0.4 is 5.32 Å². The van der Waals surface area contributed by atoms with Gasteiger partial charge in [-0.25, -0.2) is 4.79 Å². The average molecular weight is 276 g/mol. The summed E-state index contributed by atoms with van der Waals surface area (Å²) in [5.41, 5.74) is 1.82. The second kappa shape index (κ2) is 7.33. The van der Waals surface area contributed by atoms with Crippen molar-refractivity contribution in [3.05, 3.63) is 42.5 Å². The minimum Gasteiger partial charge on any atom is -0.480 e. The molecule has 5 heteroatoms. The van der Waals surface area contributed by atoms with Gasteiger partial charge in [-0.05, 0) is 23.6 Å². The molecule has 0 radical (unpaired) electrons. The van der Waals surface area contributed by atoms with Crippen LogP contribution in [0.2, 0.25) is 0 Å². The normalized spacial score (nSPS) is 10.2. The van der Waals surface area contributed by atoms with Gasteiger partial charge in [0.05, 0.1) is 0 Å². The monoisotopic (exact) mass is 276 g/mol. The van der Waals surface area contributed by atoms with E-state index in [1.165, 1.54) is 16.5 Å². The van der Waals surface area contributed by atoms with Crippen LogP contribution in [0.5, 0.6) is 0 Å². The zero-order chi connectivity index (χ0) is 15.1. The molecule has 1 aromatic carbocycles. The third-order valence-electron chi connectivity index (χ3n) is 2.79. The molecule has 0 aliphatic rings. The quantitative estimate of drug-likeness (QED) is 0.785. The highest BCUT2D eigenvalue weighted by Gasteiger charge is 2.15. The van der Waals surface area contributed by atoms with E-state index in [4.69, 9.17) is 5.11 Å². The lowest BCUT2D eigenvalue weighted by Crippen LogP contribution is -2.38. The second-order valence-electron chi connectivity index (χ2n) is 4.77. The van der Waals surface area contributed by atoms with E-state index in [2.05, 4.69) is 25.7 Å². The molecule has 108 valence electrons. The molecule has 0 spiro atoms. The first-order chi connectivity index (χ1) is 9.43. The third kappa shape index (κ3) is 4.76. The number of carboxylic acids is 1. The molecular formula is C15H20N2O3. The van der Waals surface area contributed by atoms with Crippen molar-refractivity contribution in [2.24, 2.45) is 0 Å². The summed E-state index contributed by atoms with van der Waals surface area (Å²) in [6.45, 7) is 7.52. The van der Waals surface area contributed by atoms with Crippen molar-refractivity contribution in [1.29, 1.82) is 0 Å². The van der Waals surface area contributed by atoms with Gasteiger partial charge in [0.2, 0.25) is 0 Å². The molecule has 1 rings (SSSR count). The Balaban J connectivity index is 2.71. The summed E-state index contributed by atoms with van der Waals surface area (Å²) in [7, 11) is 0. The minimum absolute atomic E-state index is 0.183. The van der Waals surface area contributed by atoms with Crippen LogP contribution in [-0.2, 0) is 4.79 Å². The fourth-order valence-corrected chi connectivity index (χ4v) is 1.69. The van der Waals surface area contributed by atoms with E-state index in [1.807, 2.05) is 12.1 Å². The Hall–Kier alpha value is -2.30. The van der Waals surface area contributed by atoms with Crippen molar-refractivity contribution < 1.29 is 14.7 Å². The molecule has 0 aliphatic heterocycles. The van der Waals surface area contributed by atoms with Crippen LogP contribution in [0, 0.1) is 0 Å². The molecule has 5 nitrogen and oxygen atoms in total. The van der Waals surface area contributed by atoms with E-state index in [0.717, 1.165) is 0 Å². The summed E-state index contributed by atoms with van der Waals surface area (Å²) in [4.78, 5) is 23.8. The largest absolute Gasteiger partial charge is 0.480 e. The molecule has 0 atom stereocenters. The van der Waals surface area contributed by atoms with Crippen LogP contribution >= 0.6 is 0 Å². The lowest BCUT2D eigenvalue weighted by atomic mass is 10.0. The Morgan fingerprint density at radius 1 is 1.35 bits per heavy atom. The van der Waals surface area contributed by atoms with Crippen LogP contribution in [0.15, 0.2) is 36.9 Å². The zero-order valence-electron chi connectivity index (χ0n) is 11.8. The zero-order valence-corrected chi connectivity index (χ0v) is 11.8.